The lowest BCUT2D eigenvalue weighted by Crippen LogP contribution is -2.06. The maximum Gasteiger partial charge on any atom is 0.225 e. The van der Waals surface area contributed by atoms with Crippen LogP contribution in [0.3, 0.4) is 0 Å². The second kappa shape index (κ2) is 7.06. The molecule has 8 nitrogen and oxygen atoms in total. The molecular formula is C18H17N7O. The Morgan fingerprint density at radius 1 is 1.08 bits per heavy atom. The van der Waals surface area contributed by atoms with Crippen molar-refractivity contribution in [3.05, 3.63) is 60.6 Å². The zero-order chi connectivity index (χ0) is 17.8. The molecule has 26 heavy (non-hydrogen) atoms. The van der Waals surface area contributed by atoms with Crippen LogP contribution in [0.4, 0.5) is 17.5 Å². The number of nitrogens with one attached hydrogen (secondary N) is 3. The molecule has 0 bridgehead atoms. The monoisotopic (exact) mass is 347 g/mol. The molecule has 0 saturated carbocycles. The minimum Gasteiger partial charge on any atom is -0.497 e. The molecule has 0 radical (unpaired) electrons. The van der Waals surface area contributed by atoms with Crippen molar-refractivity contribution in [1.29, 1.82) is 0 Å². The summed E-state index contributed by atoms with van der Waals surface area (Å²) < 4.78 is 5.18. The Balaban J connectivity index is 1.59. The van der Waals surface area contributed by atoms with Crippen LogP contribution >= 0.6 is 0 Å². The van der Waals surface area contributed by atoms with E-state index in [4.69, 9.17) is 4.74 Å². The first-order valence-electron chi connectivity index (χ1n) is 8.08. The van der Waals surface area contributed by atoms with Crippen LogP contribution in [-0.2, 0) is 6.54 Å². The van der Waals surface area contributed by atoms with Gasteiger partial charge in [-0.05, 0) is 36.4 Å². The molecule has 0 aliphatic rings. The minimum absolute atomic E-state index is 0.501. The average Bonchev–Trinajstić information content (AvgIpc) is 3.17. The Labute approximate surface area is 149 Å². The van der Waals surface area contributed by atoms with E-state index in [1.165, 1.54) is 0 Å². The quantitative estimate of drug-likeness (QED) is 0.492. The molecule has 130 valence electrons. The van der Waals surface area contributed by atoms with E-state index in [0.29, 0.717) is 18.3 Å². The van der Waals surface area contributed by atoms with E-state index >= 15 is 0 Å². The third-order valence-electron chi connectivity index (χ3n) is 3.81. The van der Waals surface area contributed by atoms with E-state index in [0.717, 1.165) is 28.2 Å². The van der Waals surface area contributed by atoms with Crippen LogP contribution in [0.2, 0.25) is 0 Å². The summed E-state index contributed by atoms with van der Waals surface area (Å²) in [5.41, 5.74) is 3.26. The molecule has 0 aliphatic carbocycles. The van der Waals surface area contributed by atoms with E-state index in [9.17, 15) is 0 Å². The Hall–Kier alpha value is -3.68. The number of ether oxygens (including phenoxy) is 1. The maximum absolute atomic E-state index is 5.18. The van der Waals surface area contributed by atoms with Gasteiger partial charge >= 0.3 is 0 Å². The molecule has 0 fully saturated rings. The lowest BCUT2D eigenvalue weighted by atomic mass is 10.3. The van der Waals surface area contributed by atoms with Crippen molar-refractivity contribution < 1.29 is 4.74 Å². The van der Waals surface area contributed by atoms with Crippen molar-refractivity contribution in [2.75, 3.05) is 17.7 Å². The molecule has 0 aliphatic heterocycles. The predicted octanol–water partition coefficient (Wildman–Crippen LogP) is 3.11. The molecule has 0 unspecified atom stereocenters. The number of H-pyrrole nitrogens is 1. The third-order valence-corrected chi connectivity index (χ3v) is 3.81. The first-order chi connectivity index (χ1) is 12.8. The van der Waals surface area contributed by atoms with E-state index < -0.39 is 0 Å². The van der Waals surface area contributed by atoms with Gasteiger partial charge in [0.05, 0.1) is 25.5 Å². The summed E-state index contributed by atoms with van der Waals surface area (Å²) in [4.78, 5) is 13.3. The molecule has 0 spiro atoms. The van der Waals surface area contributed by atoms with Crippen molar-refractivity contribution in [3.63, 3.8) is 0 Å². The summed E-state index contributed by atoms with van der Waals surface area (Å²) in [6.07, 6.45) is 3.43. The molecule has 4 aromatic rings. The van der Waals surface area contributed by atoms with Crippen molar-refractivity contribution in [1.82, 2.24) is 25.1 Å². The maximum atomic E-state index is 5.18. The fraction of sp³-hybridized carbons (Fsp3) is 0.111. The van der Waals surface area contributed by atoms with Gasteiger partial charge in [-0.3, -0.25) is 10.1 Å². The number of hydrogen-bond acceptors (Lipinski definition) is 7. The molecule has 4 rings (SSSR count). The van der Waals surface area contributed by atoms with Crippen LogP contribution in [0.1, 0.15) is 5.69 Å². The Morgan fingerprint density at radius 2 is 1.96 bits per heavy atom. The number of nitrogens with zero attached hydrogens (tertiary/aromatic N) is 4. The molecule has 0 atom stereocenters. The van der Waals surface area contributed by atoms with Gasteiger partial charge in [-0.25, -0.2) is 4.98 Å². The molecule has 0 amide bonds. The van der Waals surface area contributed by atoms with Crippen molar-refractivity contribution >= 4 is 28.5 Å². The molecule has 1 aromatic carbocycles. The van der Waals surface area contributed by atoms with E-state index in [1.54, 1.807) is 19.5 Å². The molecule has 8 heteroatoms. The van der Waals surface area contributed by atoms with Crippen LogP contribution in [0.25, 0.3) is 11.0 Å². The summed E-state index contributed by atoms with van der Waals surface area (Å²) in [7, 11) is 1.64. The summed E-state index contributed by atoms with van der Waals surface area (Å²) >= 11 is 0. The zero-order valence-electron chi connectivity index (χ0n) is 14.1. The van der Waals surface area contributed by atoms with Gasteiger partial charge in [-0.2, -0.15) is 10.1 Å². The Bertz CT molecular complexity index is 999. The Kier molecular flexibility index (Phi) is 4.29. The highest BCUT2D eigenvalue weighted by Crippen LogP contribution is 2.24. The summed E-state index contributed by atoms with van der Waals surface area (Å²) in [5.74, 6) is 1.93. The van der Waals surface area contributed by atoms with Gasteiger partial charge in [0.15, 0.2) is 5.82 Å². The highest BCUT2D eigenvalue weighted by molar-refractivity contribution is 5.87. The average molecular weight is 347 g/mol. The highest BCUT2D eigenvalue weighted by atomic mass is 16.5. The number of anilines is 3. The molecule has 3 aromatic heterocycles. The van der Waals surface area contributed by atoms with Gasteiger partial charge in [0, 0.05) is 11.9 Å². The van der Waals surface area contributed by atoms with Gasteiger partial charge in [0.25, 0.3) is 0 Å². The third kappa shape index (κ3) is 3.39. The number of pyridine rings is 1. The number of rotatable bonds is 6. The zero-order valence-corrected chi connectivity index (χ0v) is 14.1. The van der Waals surface area contributed by atoms with Crippen molar-refractivity contribution in [2.45, 2.75) is 6.54 Å². The van der Waals surface area contributed by atoms with Gasteiger partial charge in [-0.15, -0.1) is 0 Å². The molecule has 3 N–H and O–H groups in total. The number of benzene rings is 1. The standard InChI is InChI=1S/C18H17N7O/c1-26-14-7-5-12(6-8-14)22-17-16-15(11-21-25-16)23-18(24-17)20-10-13-4-2-3-9-19-13/h2-9,11H,10H2,1H3,(H,21,25)(H2,20,22,23,24). The molecule has 3 heterocycles. The smallest absolute Gasteiger partial charge is 0.225 e. The number of fused-ring (bicyclic) bond motifs is 1. The van der Waals surface area contributed by atoms with E-state index in [1.807, 2.05) is 42.5 Å². The largest absolute Gasteiger partial charge is 0.497 e. The SMILES string of the molecule is COc1ccc(Nc2nc(NCc3ccccn3)nc3cn[nH]c23)cc1. The van der Waals surface area contributed by atoms with Crippen LogP contribution in [-0.4, -0.2) is 32.3 Å². The van der Waals surface area contributed by atoms with E-state index in [-0.39, 0.29) is 0 Å². The van der Waals surface area contributed by atoms with Gasteiger partial charge < -0.3 is 15.4 Å². The van der Waals surface area contributed by atoms with Crippen molar-refractivity contribution in [3.8, 4) is 5.75 Å². The fourth-order valence-electron chi connectivity index (χ4n) is 2.49. The topological polar surface area (TPSA) is 101 Å². The first kappa shape index (κ1) is 15.8. The van der Waals surface area contributed by atoms with Crippen LogP contribution in [0.15, 0.2) is 54.9 Å². The second-order valence-electron chi connectivity index (χ2n) is 5.55. The van der Waals surface area contributed by atoms with Crippen LogP contribution < -0.4 is 15.4 Å². The Morgan fingerprint density at radius 3 is 2.73 bits per heavy atom. The summed E-state index contributed by atoms with van der Waals surface area (Å²) in [6.45, 7) is 0.534. The molecular weight excluding hydrogens is 330 g/mol. The highest BCUT2D eigenvalue weighted by Gasteiger charge is 2.10. The lowest BCUT2D eigenvalue weighted by Gasteiger charge is -2.10. The number of methoxy groups -OCH3 is 1. The van der Waals surface area contributed by atoms with E-state index in [2.05, 4.69) is 35.8 Å². The van der Waals surface area contributed by atoms with Gasteiger partial charge in [-0.1, -0.05) is 6.07 Å². The van der Waals surface area contributed by atoms with Crippen molar-refractivity contribution in [2.24, 2.45) is 0 Å². The van der Waals surface area contributed by atoms with Gasteiger partial charge in [0.2, 0.25) is 5.95 Å². The fourth-order valence-corrected chi connectivity index (χ4v) is 2.49. The van der Waals surface area contributed by atoms with Gasteiger partial charge in [0.1, 0.15) is 16.8 Å². The van der Waals surface area contributed by atoms with Crippen LogP contribution in [0, 0.1) is 0 Å². The lowest BCUT2D eigenvalue weighted by molar-refractivity contribution is 0.415. The normalized spacial score (nSPS) is 10.7. The predicted molar refractivity (Wildman–Crippen MR) is 99.5 cm³/mol. The van der Waals surface area contributed by atoms with Crippen LogP contribution in [0.5, 0.6) is 5.75 Å². The number of aromatic nitrogens is 5. The molecule has 0 saturated heterocycles. The number of hydrogen-bond donors (Lipinski definition) is 3. The first-order valence-corrected chi connectivity index (χ1v) is 8.08. The number of aromatic amines is 1. The summed E-state index contributed by atoms with van der Waals surface area (Å²) in [6, 6.07) is 13.4. The second-order valence-corrected chi connectivity index (χ2v) is 5.55. The summed E-state index contributed by atoms with van der Waals surface area (Å²) in [5, 5.41) is 13.5. The minimum atomic E-state index is 0.501.